The van der Waals surface area contributed by atoms with Gasteiger partial charge in [-0.1, -0.05) is 37.0 Å². The van der Waals surface area contributed by atoms with E-state index in [1.54, 1.807) is 6.92 Å². The highest BCUT2D eigenvalue weighted by molar-refractivity contribution is 6.35. The van der Waals surface area contributed by atoms with Gasteiger partial charge in [-0.25, -0.2) is 14.3 Å². The molecule has 0 aliphatic heterocycles. The van der Waals surface area contributed by atoms with Crippen LogP contribution in [0.5, 0.6) is 0 Å². The molecule has 2 aromatic rings. The first-order chi connectivity index (χ1) is 8.97. The van der Waals surface area contributed by atoms with Crippen molar-refractivity contribution in [2.24, 2.45) is 0 Å². The number of aromatic nitrogens is 3. The van der Waals surface area contributed by atoms with Gasteiger partial charge < -0.3 is 4.74 Å². The van der Waals surface area contributed by atoms with Gasteiger partial charge in [0.05, 0.1) is 12.8 Å². The summed E-state index contributed by atoms with van der Waals surface area (Å²) in [6.45, 7) is 5.92. The third kappa shape index (κ3) is 2.40. The minimum absolute atomic E-state index is 0.104. The fraction of sp³-hybridized carbons (Fsp3) is 0.417. The maximum atomic E-state index is 11.8. The van der Waals surface area contributed by atoms with Crippen LogP contribution in [-0.2, 0) is 4.74 Å². The van der Waals surface area contributed by atoms with Gasteiger partial charge in [-0.15, -0.1) is 0 Å². The Hall–Kier alpha value is -1.33. The Morgan fingerprint density at radius 2 is 2.16 bits per heavy atom. The van der Waals surface area contributed by atoms with Crippen molar-refractivity contribution in [1.29, 1.82) is 0 Å². The zero-order valence-corrected chi connectivity index (χ0v) is 12.3. The van der Waals surface area contributed by atoms with Crippen molar-refractivity contribution in [2.45, 2.75) is 26.7 Å². The highest BCUT2D eigenvalue weighted by atomic mass is 35.5. The predicted octanol–water partition coefficient (Wildman–Crippen LogP) is 3.34. The Bertz CT molecular complexity index is 637. The number of ether oxygens (including phenoxy) is 1. The molecule has 0 spiro atoms. The summed E-state index contributed by atoms with van der Waals surface area (Å²) in [4.78, 5) is 16.0. The van der Waals surface area contributed by atoms with E-state index in [1.807, 2.05) is 13.8 Å². The van der Waals surface area contributed by atoms with E-state index in [1.165, 1.54) is 10.7 Å². The Balaban J connectivity index is 2.66. The average Bonchev–Trinajstić information content (AvgIpc) is 2.72. The molecule has 0 atom stereocenters. The van der Waals surface area contributed by atoms with Gasteiger partial charge >= 0.3 is 5.97 Å². The number of hydrogen-bond acceptors (Lipinski definition) is 4. The summed E-state index contributed by atoms with van der Waals surface area (Å²) in [7, 11) is 0. The number of halogens is 2. The van der Waals surface area contributed by atoms with Crippen LogP contribution in [0.3, 0.4) is 0 Å². The topological polar surface area (TPSA) is 56.5 Å². The van der Waals surface area contributed by atoms with E-state index in [9.17, 15) is 4.79 Å². The van der Waals surface area contributed by atoms with Crippen LogP contribution in [0.15, 0.2) is 6.20 Å². The Morgan fingerprint density at radius 1 is 1.47 bits per heavy atom. The molecule has 0 radical (unpaired) electrons. The second-order valence-electron chi connectivity index (χ2n) is 4.28. The third-order valence-electron chi connectivity index (χ3n) is 2.65. The second-order valence-corrected chi connectivity index (χ2v) is 4.99. The first kappa shape index (κ1) is 14.1. The Kier molecular flexibility index (Phi) is 3.96. The van der Waals surface area contributed by atoms with E-state index >= 15 is 0 Å². The van der Waals surface area contributed by atoms with Gasteiger partial charge in [-0.3, -0.25) is 0 Å². The van der Waals surface area contributed by atoms with Gasteiger partial charge in [0.15, 0.2) is 5.65 Å². The zero-order valence-electron chi connectivity index (χ0n) is 10.8. The average molecular weight is 302 g/mol. The molecule has 0 saturated carbocycles. The van der Waals surface area contributed by atoms with Gasteiger partial charge in [0.1, 0.15) is 15.9 Å². The highest BCUT2D eigenvalue weighted by Crippen LogP contribution is 2.31. The van der Waals surface area contributed by atoms with Crippen molar-refractivity contribution in [3.05, 3.63) is 27.6 Å². The van der Waals surface area contributed by atoms with E-state index in [0.29, 0.717) is 16.4 Å². The fourth-order valence-electron chi connectivity index (χ4n) is 1.77. The lowest BCUT2D eigenvalue weighted by molar-refractivity contribution is 0.0528. The molecule has 0 aromatic carbocycles. The first-order valence-electron chi connectivity index (χ1n) is 5.87. The molecule has 0 amide bonds. The maximum absolute atomic E-state index is 11.8. The molecular formula is C12H13Cl2N3O2. The van der Waals surface area contributed by atoms with Crippen molar-refractivity contribution < 1.29 is 9.53 Å². The van der Waals surface area contributed by atoms with Crippen molar-refractivity contribution in [1.82, 2.24) is 14.6 Å². The molecule has 0 N–H and O–H groups in total. The standard InChI is InChI=1S/C12H13Cl2N3O2/c1-4-19-12(18)7-5-15-17-10(14)8(6(2)3)9(13)16-11(7)17/h5-6H,4H2,1-3H3. The van der Waals surface area contributed by atoms with Crippen molar-refractivity contribution in [2.75, 3.05) is 6.61 Å². The smallest absolute Gasteiger partial charge is 0.343 e. The van der Waals surface area contributed by atoms with E-state index in [0.717, 1.165) is 0 Å². The molecule has 102 valence electrons. The highest BCUT2D eigenvalue weighted by Gasteiger charge is 2.21. The lowest BCUT2D eigenvalue weighted by atomic mass is 10.1. The summed E-state index contributed by atoms with van der Waals surface area (Å²) >= 11 is 12.4. The number of carbonyl (C=O) groups excluding carboxylic acids is 1. The summed E-state index contributed by atoms with van der Waals surface area (Å²) in [5, 5.41) is 4.71. The summed E-state index contributed by atoms with van der Waals surface area (Å²) in [6.07, 6.45) is 1.38. The number of fused-ring (bicyclic) bond motifs is 1. The van der Waals surface area contributed by atoms with Gasteiger partial charge in [-0.2, -0.15) is 5.10 Å². The Morgan fingerprint density at radius 3 is 2.74 bits per heavy atom. The number of nitrogens with zero attached hydrogens (tertiary/aromatic N) is 3. The number of carbonyl (C=O) groups is 1. The van der Waals surface area contributed by atoms with E-state index in [4.69, 9.17) is 27.9 Å². The van der Waals surface area contributed by atoms with Crippen LogP contribution in [-0.4, -0.2) is 27.2 Å². The fourth-order valence-corrected chi connectivity index (χ4v) is 2.64. The van der Waals surface area contributed by atoms with E-state index in [-0.39, 0.29) is 23.2 Å². The van der Waals surface area contributed by atoms with Crippen molar-refractivity contribution in [3.63, 3.8) is 0 Å². The molecule has 2 heterocycles. The van der Waals surface area contributed by atoms with Crippen molar-refractivity contribution >= 4 is 34.8 Å². The summed E-state index contributed by atoms with van der Waals surface area (Å²) in [5.74, 6) is -0.387. The molecule has 2 aromatic heterocycles. The lowest BCUT2D eigenvalue weighted by Crippen LogP contribution is -2.07. The summed E-state index contributed by atoms with van der Waals surface area (Å²) in [5.41, 5.74) is 1.26. The van der Waals surface area contributed by atoms with Gasteiger partial charge in [0, 0.05) is 5.56 Å². The van der Waals surface area contributed by atoms with Crippen molar-refractivity contribution in [3.8, 4) is 0 Å². The zero-order chi connectivity index (χ0) is 14.2. The van der Waals surface area contributed by atoms with Crippen LogP contribution in [0.2, 0.25) is 10.3 Å². The minimum Gasteiger partial charge on any atom is -0.462 e. The minimum atomic E-state index is -0.491. The molecule has 0 bridgehead atoms. The normalized spacial score (nSPS) is 11.3. The number of hydrogen-bond donors (Lipinski definition) is 0. The molecule has 0 aliphatic carbocycles. The van der Waals surface area contributed by atoms with Crippen LogP contribution < -0.4 is 0 Å². The van der Waals surface area contributed by atoms with Crippen LogP contribution in [0.25, 0.3) is 5.65 Å². The molecule has 0 aliphatic rings. The molecule has 2 rings (SSSR count). The van der Waals surface area contributed by atoms with Crippen LogP contribution in [0.1, 0.15) is 42.6 Å². The summed E-state index contributed by atoms with van der Waals surface area (Å²) < 4.78 is 6.33. The SMILES string of the molecule is CCOC(=O)c1cnn2c(Cl)c(C(C)C)c(Cl)nc12. The molecule has 0 fully saturated rings. The largest absolute Gasteiger partial charge is 0.462 e. The predicted molar refractivity (Wildman–Crippen MR) is 73.1 cm³/mol. The molecule has 0 saturated heterocycles. The molecular weight excluding hydrogens is 289 g/mol. The van der Waals surface area contributed by atoms with Gasteiger partial charge in [0.2, 0.25) is 0 Å². The van der Waals surface area contributed by atoms with Crippen LogP contribution >= 0.6 is 23.2 Å². The second kappa shape index (κ2) is 5.35. The van der Waals surface area contributed by atoms with Crippen LogP contribution in [0.4, 0.5) is 0 Å². The van der Waals surface area contributed by atoms with Crippen LogP contribution in [0, 0.1) is 0 Å². The van der Waals surface area contributed by atoms with E-state index in [2.05, 4.69) is 10.1 Å². The monoisotopic (exact) mass is 301 g/mol. The molecule has 5 nitrogen and oxygen atoms in total. The third-order valence-corrected chi connectivity index (χ3v) is 3.30. The Labute approximate surface area is 120 Å². The number of rotatable bonds is 3. The number of esters is 1. The van der Waals surface area contributed by atoms with Gasteiger partial charge in [0.25, 0.3) is 0 Å². The molecule has 0 unspecified atom stereocenters. The lowest BCUT2D eigenvalue weighted by Gasteiger charge is -2.11. The maximum Gasteiger partial charge on any atom is 0.343 e. The first-order valence-corrected chi connectivity index (χ1v) is 6.62. The quantitative estimate of drug-likeness (QED) is 0.644. The van der Waals surface area contributed by atoms with E-state index < -0.39 is 5.97 Å². The summed E-state index contributed by atoms with van der Waals surface area (Å²) in [6, 6.07) is 0. The molecule has 7 heteroatoms. The van der Waals surface area contributed by atoms with Gasteiger partial charge in [-0.05, 0) is 12.8 Å². The molecule has 19 heavy (non-hydrogen) atoms.